The molecule has 0 saturated carbocycles. The second-order valence-electron chi connectivity index (χ2n) is 6.64. The monoisotopic (exact) mass is 457 g/mol. The van der Waals surface area contributed by atoms with Gasteiger partial charge in [-0.3, -0.25) is 4.79 Å². The van der Waals surface area contributed by atoms with E-state index in [1.165, 1.54) is 5.56 Å². The molecule has 0 amide bonds. The Hall–Kier alpha value is -2.57. The van der Waals surface area contributed by atoms with Crippen LogP contribution >= 0.6 is 0 Å². The van der Waals surface area contributed by atoms with Gasteiger partial charge in [0, 0.05) is 24.8 Å². The fourth-order valence-corrected chi connectivity index (χ4v) is 2.44. The summed E-state index contributed by atoms with van der Waals surface area (Å²) >= 11 is 0. The number of benzene rings is 2. The summed E-state index contributed by atoms with van der Waals surface area (Å²) in [5.74, 6) is 5.84. The van der Waals surface area contributed by atoms with E-state index >= 15 is 0 Å². The van der Waals surface area contributed by atoms with Crippen LogP contribution in [0, 0.1) is 11.8 Å². The molecule has 33 heavy (non-hydrogen) atoms. The van der Waals surface area contributed by atoms with Gasteiger partial charge < -0.3 is 29.4 Å². The molecule has 0 aliphatic rings. The minimum absolute atomic E-state index is 0.323. The fourth-order valence-electron chi connectivity index (χ4n) is 2.44. The molecule has 0 aliphatic heterocycles. The average molecular weight is 458 g/mol. The Labute approximate surface area is 197 Å². The van der Waals surface area contributed by atoms with Crippen molar-refractivity contribution in [1.82, 2.24) is 0 Å². The normalized spacial score (nSPS) is 10.0. The minimum Gasteiger partial charge on any atom is -0.380 e. The third-order valence-electron chi connectivity index (χ3n) is 3.96. The molecular formula is C26H35NO6. The van der Waals surface area contributed by atoms with Crippen LogP contribution < -0.4 is 5.73 Å². The Kier molecular flexibility index (Phi) is 18.4. The zero-order chi connectivity index (χ0) is 23.8. The van der Waals surface area contributed by atoms with Gasteiger partial charge in [0.25, 0.3) is 0 Å². The maximum Gasteiger partial charge on any atom is 0.150 e. The Balaban J connectivity index is 0.000000502. The minimum atomic E-state index is 0.323. The van der Waals surface area contributed by atoms with Gasteiger partial charge in [-0.15, -0.1) is 0 Å². The molecule has 2 aromatic rings. The lowest BCUT2D eigenvalue weighted by molar-refractivity contribution is 0.00223. The van der Waals surface area contributed by atoms with Gasteiger partial charge in [0.05, 0.1) is 52.9 Å². The van der Waals surface area contributed by atoms with Crippen molar-refractivity contribution >= 4 is 6.29 Å². The summed E-state index contributed by atoms with van der Waals surface area (Å²) in [7, 11) is 1.70. The molecule has 0 spiro atoms. The van der Waals surface area contributed by atoms with E-state index in [0.29, 0.717) is 71.6 Å². The average Bonchev–Trinajstić information content (AvgIpc) is 2.85. The highest BCUT2D eigenvalue weighted by Crippen LogP contribution is 2.01. The Morgan fingerprint density at radius 3 is 2.06 bits per heavy atom. The van der Waals surface area contributed by atoms with Crippen LogP contribution in [-0.4, -0.2) is 72.8 Å². The van der Waals surface area contributed by atoms with E-state index in [-0.39, 0.29) is 0 Å². The van der Waals surface area contributed by atoms with E-state index in [2.05, 4.69) is 11.8 Å². The van der Waals surface area contributed by atoms with Crippen molar-refractivity contribution in [2.75, 3.05) is 66.5 Å². The number of carbonyl (C=O) groups excluding carboxylic acids is 1. The zero-order valence-corrected chi connectivity index (χ0v) is 19.4. The molecule has 0 fully saturated rings. The van der Waals surface area contributed by atoms with Crippen molar-refractivity contribution in [2.24, 2.45) is 5.73 Å². The molecule has 7 nitrogen and oxygen atoms in total. The number of carbonyl (C=O) groups is 1. The maximum absolute atomic E-state index is 10.7. The van der Waals surface area contributed by atoms with Crippen LogP contribution in [0.25, 0.3) is 0 Å². The van der Waals surface area contributed by atoms with Crippen molar-refractivity contribution in [2.45, 2.75) is 6.61 Å². The Bertz CT molecular complexity index is 788. The molecule has 2 aromatic carbocycles. The van der Waals surface area contributed by atoms with Gasteiger partial charge in [-0.05, 0) is 17.7 Å². The third kappa shape index (κ3) is 16.7. The number of ether oxygens (including phenoxy) is 5. The lowest BCUT2D eigenvalue weighted by Crippen LogP contribution is -2.14. The largest absolute Gasteiger partial charge is 0.380 e. The fraction of sp³-hybridized carbons (Fsp3) is 0.423. The summed E-state index contributed by atoms with van der Waals surface area (Å²) in [5, 5.41) is 0. The predicted octanol–water partition coefficient (Wildman–Crippen LogP) is 2.71. The van der Waals surface area contributed by atoms with E-state index in [9.17, 15) is 4.79 Å². The first kappa shape index (κ1) is 28.5. The quantitative estimate of drug-likeness (QED) is 0.250. The van der Waals surface area contributed by atoms with Crippen LogP contribution in [0.3, 0.4) is 0 Å². The van der Waals surface area contributed by atoms with Gasteiger partial charge in [0.2, 0.25) is 0 Å². The van der Waals surface area contributed by atoms with Crippen molar-refractivity contribution < 1.29 is 28.5 Å². The van der Waals surface area contributed by atoms with Crippen molar-refractivity contribution in [3.8, 4) is 11.8 Å². The SMILES string of the molecule is COCc1ccccc1.NCCOCCOCCOCCOCC#Cc1cccc(C=O)c1. The molecule has 180 valence electrons. The number of hydrogen-bond donors (Lipinski definition) is 1. The van der Waals surface area contributed by atoms with Gasteiger partial charge in [-0.1, -0.05) is 54.3 Å². The molecule has 2 rings (SSSR count). The molecule has 0 saturated heterocycles. The lowest BCUT2D eigenvalue weighted by atomic mass is 10.1. The summed E-state index contributed by atoms with van der Waals surface area (Å²) in [6, 6.07) is 17.2. The highest BCUT2D eigenvalue weighted by Gasteiger charge is 1.92. The van der Waals surface area contributed by atoms with E-state index in [1.54, 1.807) is 25.3 Å². The Morgan fingerprint density at radius 1 is 0.818 bits per heavy atom. The molecule has 7 heteroatoms. The summed E-state index contributed by atoms with van der Waals surface area (Å²) in [6.07, 6.45) is 0.802. The highest BCUT2D eigenvalue weighted by molar-refractivity contribution is 5.75. The van der Waals surface area contributed by atoms with Crippen molar-refractivity contribution in [3.05, 3.63) is 71.3 Å². The topological polar surface area (TPSA) is 89.2 Å². The number of hydrogen-bond acceptors (Lipinski definition) is 7. The zero-order valence-electron chi connectivity index (χ0n) is 19.4. The van der Waals surface area contributed by atoms with Gasteiger partial charge in [0.1, 0.15) is 12.9 Å². The first-order chi connectivity index (χ1) is 16.3. The molecule has 0 unspecified atom stereocenters. The lowest BCUT2D eigenvalue weighted by Gasteiger charge is -2.06. The second kappa shape index (κ2) is 21.3. The van der Waals surface area contributed by atoms with E-state index < -0.39 is 0 Å². The van der Waals surface area contributed by atoms with Crippen LogP contribution in [0.2, 0.25) is 0 Å². The molecule has 2 N–H and O–H groups in total. The van der Waals surface area contributed by atoms with Crippen molar-refractivity contribution in [3.63, 3.8) is 0 Å². The highest BCUT2D eigenvalue weighted by atomic mass is 16.6. The van der Waals surface area contributed by atoms with E-state index in [0.717, 1.165) is 11.8 Å². The maximum atomic E-state index is 10.7. The third-order valence-corrected chi connectivity index (χ3v) is 3.96. The van der Waals surface area contributed by atoms with E-state index in [1.807, 2.05) is 36.4 Å². The second-order valence-corrected chi connectivity index (χ2v) is 6.64. The smallest absolute Gasteiger partial charge is 0.150 e. The first-order valence-corrected chi connectivity index (χ1v) is 10.9. The molecule has 0 aromatic heterocycles. The molecule has 0 bridgehead atoms. The van der Waals surface area contributed by atoms with Gasteiger partial charge >= 0.3 is 0 Å². The van der Waals surface area contributed by atoms with Gasteiger partial charge in [0.15, 0.2) is 0 Å². The van der Waals surface area contributed by atoms with E-state index in [4.69, 9.17) is 29.4 Å². The van der Waals surface area contributed by atoms with Crippen molar-refractivity contribution in [1.29, 1.82) is 0 Å². The van der Waals surface area contributed by atoms with Crippen LogP contribution in [0.4, 0.5) is 0 Å². The molecular weight excluding hydrogens is 422 g/mol. The van der Waals surface area contributed by atoms with Crippen LogP contribution in [0.15, 0.2) is 54.6 Å². The summed E-state index contributed by atoms with van der Waals surface area (Å²) in [6.45, 7) is 5.22. The number of nitrogens with two attached hydrogens (primary N) is 1. The summed E-state index contributed by atoms with van der Waals surface area (Å²) in [5.41, 5.74) is 7.93. The standard InChI is InChI=1S/C18H25NO5.C8H10O/c19-6-8-22-10-12-24-14-13-23-11-9-21-7-2-5-17-3-1-4-18(15-17)16-20;1-9-7-8-5-3-2-4-6-8/h1,3-4,15-16H,6-14,19H2;2-6H,7H2,1H3. The summed E-state index contributed by atoms with van der Waals surface area (Å²) < 4.78 is 26.1. The molecule has 0 radical (unpaired) electrons. The number of rotatable bonds is 15. The van der Waals surface area contributed by atoms with Crippen LogP contribution in [0.5, 0.6) is 0 Å². The number of aldehydes is 1. The molecule has 0 atom stereocenters. The van der Waals surface area contributed by atoms with Crippen LogP contribution in [0.1, 0.15) is 21.5 Å². The van der Waals surface area contributed by atoms with Gasteiger partial charge in [-0.2, -0.15) is 0 Å². The number of methoxy groups -OCH3 is 1. The first-order valence-electron chi connectivity index (χ1n) is 10.9. The summed E-state index contributed by atoms with van der Waals surface area (Å²) in [4.78, 5) is 10.7. The van der Waals surface area contributed by atoms with Crippen LogP contribution in [-0.2, 0) is 30.3 Å². The molecule has 0 heterocycles. The van der Waals surface area contributed by atoms with Gasteiger partial charge in [-0.25, -0.2) is 0 Å². The predicted molar refractivity (Wildman–Crippen MR) is 128 cm³/mol. The Morgan fingerprint density at radius 2 is 1.45 bits per heavy atom. The molecule has 0 aliphatic carbocycles.